The number of carbonyl (C=O) groups excluding carboxylic acids is 1. The predicted molar refractivity (Wildman–Crippen MR) is 85.8 cm³/mol. The highest BCUT2D eigenvalue weighted by atomic mass is 35.5. The molecule has 6 nitrogen and oxygen atoms in total. The van der Waals surface area contributed by atoms with Crippen molar-refractivity contribution in [3.05, 3.63) is 29.3 Å². The van der Waals surface area contributed by atoms with Crippen molar-refractivity contribution >= 4 is 33.4 Å². The fraction of sp³-hybridized carbons (Fsp3) is 0.500. The normalized spacial score (nSPS) is 18.5. The Labute approximate surface area is 135 Å². The maximum Gasteiger partial charge on any atom is 0.414 e. The summed E-state index contributed by atoms with van der Waals surface area (Å²) < 4.78 is 31.1. The molecule has 0 spiro atoms. The van der Waals surface area contributed by atoms with E-state index in [1.165, 1.54) is 4.90 Å². The molecule has 2 rings (SSSR count). The summed E-state index contributed by atoms with van der Waals surface area (Å²) in [5, 5.41) is 0.580. The molecule has 0 saturated carbocycles. The number of hydrogen-bond acceptors (Lipinski definition) is 4. The minimum atomic E-state index is -3.31. The molecule has 1 aliphatic heterocycles. The van der Waals surface area contributed by atoms with Crippen molar-refractivity contribution in [2.24, 2.45) is 0 Å². The van der Waals surface area contributed by atoms with E-state index in [0.717, 1.165) is 6.42 Å². The Bertz CT molecular complexity index is 618. The molecule has 0 bridgehead atoms. The van der Waals surface area contributed by atoms with Crippen LogP contribution in [0.15, 0.2) is 24.3 Å². The molecule has 8 heteroatoms. The average molecular weight is 347 g/mol. The van der Waals surface area contributed by atoms with Gasteiger partial charge in [0.1, 0.15) is 6.10 Å². The lowest BCUT2D eigenvalue weighted by molar-refractivity contribution is 0.143. The fourth-order valence-electron chi connectivity index (χ4n) is 2.09. The summed E-state index contributed by atoms with van der Waals surface area (Å²) in [6.07, 6.45) is 0.431. The fourth-order valence-corrected chi connectivity index (χ4v) is 3.47. The number of halogens is 1. The molecule has 122 valence electrons. The highest BCUT2D eigenvalue weighted by Gasteiger charge is 2.32. The molecule has 1 aromatic rings. The first kappa shape index (κ1) is 17.1. The Kier molecular flexibility index (Phi) is 5.66. The lowest BCUT2D eigenvalue weighted by Gasteiger charge is -2.13. The number of carbonyl (C=O) groups is 1. The van der Waals surface area contributed by atoms with Gasteiger partial charge in [0.15, 0.2) is 0 Å². The summed E-state index contributed by atoms with van der Waals surface area (Å²) in [5.41, 5.74) is 0.672. The van der Waals surface area contributed by atoms with Crippen LogP contribution in [0.5, 0.6) is 0 Å². The van der Waals surface area contributed by atoms with Crippen LogP contribution in [0.4, 0.5) is 10.5 Å². The summed E-state index contributed by atoms with van der Waals surface area (Å²) in [5.74, 6) is 0.0884. The summed E-state index contributed by atoms with van der Waals surface area (Å²) in [7, 11) is -3.31. The first-order chi connectivity index (χ1) is 10.4. The van der Waals surface area contributed by atoms with Crippen molar-refractivity contribution in [2.75, 3.05) is 23.7 Å². The minimum absolute atomic E-state index is 0.0852. The highest BCUT2D eigenvalue weighted by Crippen LogP contribution is 2.23. The molecule has 0 aliphatic carbocycles. The molecule has 22 heavy (non-hydrogen) atoms. The van der Waals surface area contributed by atoms with Gasteiger partial charge in [0.25, 0.3) is 0 Å². The van der Waals surface area contributed by atoms with E-state index in [2.05, 4.69) is 4.72 Å². The number of amides is 1. The van der Waals surface area contributed by atoms with Gasteiger partial charge in [-0.3, -0.25) is 4.90 Å². The van der Waals surface area contributed by atoms with E-state index in [9.17, 15) is 13.2 Å². The standard InChI is InChI=1S/C14H19ClN2O4S/c1-2-3-8-22(19,20)16-9-13-10-17(14(18)21-13)12-6-4-11(15)5-7-12/h4-7,13,16H,2-3,8-10H2,1H3. The number of anilines is 1. The Morgan fingerprint density at radius 3 is 2.68 bits per heavy atom. The van der Waals surface area contributed by atoms with Crippen LogP contribution in [0, 0.1) is 0 Å². The Morgan fingerprint density at radius 2 is 2.05 bits per heavy atom. The number of ether oxygens (including phenoxy) is 1. The third-order valence-electron chi connectivity index (χ3n) is 3.31. The molecular formula is C14H19ClN2O4S. The summed E-state index contributed by atoms with van der Waals surface area (Å²) in [6, 6.07) is 6.81. The van der Waals surface area contributed by atoms with Gasteiger partial charge < -0.3 is 4.74 Å². The highest BCUT2D eigenvalue weighted by molar-refractivity contribution is 7.89. The van der Waals surface area contributed by atoms with Crippen LogP contribution in [0.2, 0.25) is 5.02 Å². The zero-order valence-corrected chi connectivity index (χ0v) is 13.9. The van der Waals surface area contributed by atoms with Gasteiger partial charge in [-0.2, -0.15) is 0 Å². The molecule has 1 fully saturated rings. The number of benzene rings is 1. The summed E-state index contributed by atoms with van der Waals surface area (Å²) in [6.45, 7) is 2.32. The molecule has 1 atom stereocenters. The average Bonchev–Trinajstić information content (AvgIpc) is 2.85. The van der Waals surface area contributed by atoms with Gasteiger partial charge in [0.05, 0.1) is 12.3 Å². The van der Waals surface area contributed by atoms with Crippen LogP contribution in [-0.4, -0.2) is 39.5 Å². The first-order valence-corrected chi connectivity index (χ1v) is 9.15. The largest absolute Gasteiger partial charge is 0.443 e. The van der Waals surface area contributed by atoms with E-state index in [1.54, 1.807) is 24.3 Å². The number of cyclic esters (lactones) is 1. The molecular weight excluding hydrogens is 328 g/mol. The van der Waals surface area contributed by atoms with E-state index in [-0.39, 0.29) is 12.3 Å². The molecule has 1 amide bonds. The van der Waals surface area contributed by atoms with Crippen molar-refractivity contribution in [1.29, 1.82) is 0 Å². The zero-order valence-electron chi connectivity index (χ0n) is 12.3. The van der Waals surface area contributed by atoms with Crippen molar-refractivity contribution in [3.8, 4) is 0 Å². The van der Waals surface area contributed by atoms with Gasteiger partial charge in [-0.25, -0.2) is 17.9 Å². The van der Waals surface area contributed by atoms with Crippen LogP contribution in [-0.2, 0) is 14.8 Å². The van der Waals surface area contributed by atoms with Crippen LogP contribution >= 0.6 is 11.6 Å². The van der Waals surface area contributed by atoms with E-state index in [0.29, 0.717) is 23.7 Å². The third kappa shape index (κ3) is 4.59. The van der Waals surface area contributed by atoms with Crippen LogP contribution < -0.4 is 9.62 Å². The van der Waals surface area contributed by atoms with Gasteiger partial charge in [0, 0.05) is 17.3 Å². The van der Waals surface area contributed by atoms with Crippen LogP contribution in [0.3, 0.4) is 0 Å². The minimum Gasteiger partial charge on any atom is -0.443 e. The maximum absolute atomic E-state index is 11.9. The van der Waals surface area contributed by atoms with E-state index in [4.69, 9.17) is 16.3 Å². The van der Waals surface area contributed by atoms with Gasteiger partial charge in [-0.1, -0.05) is 24.9 Å². The van der Waals surface area contributed by atoms with Crippen molar-refractivity contribution in [1.82, 2.24) is 4.72 Å². The molecule has 1 saturated heterocycles. The SMILES string of the molecule is CCCCS(=O)(=O)NCC1CN(c2ccc(Cl)cc2)C(=O)O1. The Hall–Kier alpha value is -1.31. The van der Waals surface area contributed by atoms with E-state index >= 15 is 0 Å². The number of rotatable bonds is 7. The molecule has 1 heterocycles. The second-order valence-corrected chi connectivity index (χ2v) is 7.48. The quantitative estimate of drug-likeness (QED) is 0.822. The Balaban J connectivity index is 1.91. The van der Waals surface area contributed by atoms with Gasteiger partial charge in [-0.05, 0) is 30.7 Å². The van der Waals surface area contributed by atoms with Gasteiger partial charge in [-0.15, -0.1) is 0 Å². The molecule has 1 aromatic carbocycles. The maximum atomic E-state index is 11.9. The van der Waals surface area contributed by atoms with Crippen LogP contribution in [0.25, 0.3) is 0 Å². The zero-order chi connectivity index (χ0) is 16.2. The number of hydrogen-bond donors (Lipinski definition) is 1. The summed E-state index contributed by atoms with van der Waals surface area (Å²) >= 11 is 5.81. The lowest BCUT2D eigenvalue weighted by Crippen LogP contribution is -2.35. The van der Waals surface area contributed by atoms with Crippen molar-refractivity contribution in [3.63, 3.8) is 0 Å². The van der Waals surface area contributed by atoms with Crippen molar-refractivity contribution in [2.45, 2.75) is 25.9 Å². The molecule has 0 aromatic heterocycles. The molecule has 1 N–H and O–H groups in total. The Morgan fingerprint density at radius 1 is 1.36 bits per heavy atom. The second kappa shape index (κ2) is 7.30. The molecule has 1 unspecified atom stereocenters. The van der Waals surface area contributed by atoms with Crippen LogP contribution in [0.1, 0.15) is 19.8 Å². The number of nitrogens with one attached hydrogen (secondary N) is 1. The number of unbranched alkanes of at least 4 members (excludes halogenated alkanes) is 1. The lowest BCUT2D eigenvalue weighted by atomic mass is 10.3. The molecule has 0 radical (unpaired) electrons. The monoisotopic (exact) mass is 346 g/mol. The van der Waals surface area contributed by atoms with Gasteiger partial charge in [0.2, 0.25) is 10.0 Å². The second-order valence-electron chi connectivity index (χ2n) is 5.11. The smallest absolute Gasteiger partial charge is 0.414 e. The number of nitrogens with zero attached hydrogens (tertiary/aromatic N) is 1. The summed E-state index contributed by atoms with van der Waals surface area (Å²) in [4.78, 5) is 13.3. The first-order valence-electron chi connectivity index (χ1n) is 7.12. The number of sulfonamides is 1. The third-order valence-corrected chi connectivity index (χ3v) is 4.99. The van der Waals surface area contributed by atoms with Gasteiger partial charge >= 0.3 is 6.09 Å². The van der Waals surface area contributed by atoms with E-state index in [1.807, 2.05) is 6.92 Å². The van der Waals surface area contributed by atoms with E-state index < -0.39 is 22.2 Å². The topological polar surface area (TPSA) is 75.7 Å². The van der Waals surface area contributed by atoms with Crippen molar-refractivity contribution < 1.29 is 17.9 Å². The predicted octanol–water partition coefficient (Wildman–Crippen LogP) is 2.38. The molecule has 1 aliphatic rings.